The Hall–Kier alpha value is -1.09. The van der Waals surface area contributed by atoms with Gasteiger partial charge in [-0.05, 0) is 24.5 Å². The van der Waals surface area contributed by atoms with Crippen LogP contribution in [-0.4, -0.2) is 14.0 Å². The van der Waals surface area contributed by atoms with E-state index in [-0.39, 0.29) is 11.4 Å². The first kappa shape index (κ1) is 15.3. The number of hydrogen-bond acceptors (Lipinski definition) is 1. The van der Waals surface area contributed by atoms with E-state index in [0.717, 1.165) is 18.0 Å². The average molecular weight is 289 g/mol. The van der Waals surface area contributed by atoms with Gasteiger partial charge in [0, 0.05) is 11.2 Å². The fourth-order valence-corrected chi connectivity index (χ4v) is 5.08. The largest absolute Gasteiger partial charge is 0.326 e. The molecule has 1 unspecified atom stereocenters. The lowest BCUT2D eigenvalue weighted by atomic mass is 10.0. The predicted molar refractivity (Wildman–Crippen MR) is 88.7 cm³/mol. The molecule has 0 saturated heterocycles. The Bertz CT molecular complexity index is 432. The maximum Gasteiger partial charge on any atom is 0.224 e. The monoisotopic (exact) mass is 289 g/mol. The van der Waals surface area contributed by atoms with Crippen LogP contribution in [0, 0.1) is 5.92 Å². The summed E-state index contributed by atoms with van der Waals surface area (Å²) in [7, 11) is -1.48. The number of anilines is 1. The van der Waals surface area contributed by atoms with Gasteiger partial charge in [0.2, 0.25) is 5.91 Å². The van der Waals surface area contributed by atoms with Crippen LogP contribution in [0.4, 0.5) is 5.69 Å². The number of carbonyl (C=O) groups excluding carboxylic acids is 1. The van der Waals surface area contributed by atoms with E-state index >= 15 is 0 Å². The van der Waals surface area contributed by atoms with Crippen molar-refractivity contribution in [3.8, 4) is 0 Å². The third-order valence-corrected chi connectivity index (χ3v) is 7.04. The van der Waals surface area contributed by atoms with Crippen molar-refractivity contribution >= 4 is 19.7 Å². The first-order valence-electron chi connectivity index (χ1n) is 7.83. The summed E-state index contributed by atoms with van der Waals surface area (Å²) in [5.41, 5.74) is 1.15. The normalized spacial score (nSPS) is 17.9. The van der Waals surface area contributed by atoms with E-state index in [4.69, 9.17) is 0 Å². The van der Waals surface area contributed by atoms with Gasteiger partial charge in [0.1, 0.15) is 0 Å². The van der Waals surface area contributed by atoms with Crippen LogP contribution in [0.25, 0.3) is 0 Å². The van der Waals surface area contributed by atoms with Gasteiger partial charge in [0.05, 0.1) is 8.07 Å². The minimum Gasteiger partial charge on any atom is -0.326 e. The molecule has 1 atom stereocenters. The summed E-state index contributed by atoms with van der Waals surface area (Å²) < 4.78 is 0. The molecule has 2 rings (SSSR count). The van der Waals surface area contributed by atoms with Gasteiger partial charge in [0.25, 0.3) is 0 Å². The first-order chi connectivity index (χ1) is 9.47. The highest BCUT2D eigenvalue weighted by Crippen LogP contribution is 2.37. The third-order valence-electron chi connectivity index (χ3n) is 4.45. The lowest BCUT2D eigenvalue weighted by Crippen LogP contribution is -2.38. The van der Waals surface area contributed by atoms with Crippen molar-refractivity contribution in [2.75, 3.05) is 5.32 Å². The van der Waals surface area contributed by atoms with Crippen LogP contribution in [-0.2, 0) is 4.79 Å². The summed E-state index contributed by atoms with van der Waals surface area (Å²) in [6, 6.07) is 9.85. The number of nitrogens with one attached hydrogen (secondary N) is 1. The molecule has 1 saturated carbocycles. The number of hydrogen-bond donors (Lipinski definition) is 1. The van der Waals surface area contributed by atoms with Crippen molar-refractivity contribution in [1.29, 1.82) is 0 Å². The van der Waals surface area contributed by atoms with Gasteiger partial charge in [-0.25, -0.2) is 0 Å². The van der Waals surface area contributed by atoms with Crippen LogP contribution in [0.3, 0.4) is 0 Å². The van der Waals surface area contributed by atoms with Gasteiger partial charge >= 0.3 is 0 Å². The Balaban J connectivity index is 2.04. The standard InChI is InChI=1S/C17H27NOSi/c1-20(2,3)16(13-14-9-7-8-10-14)17(19)18-15-11-5-4-6-12-15/h4-6,11-12,14,16H,7-10,13H2,1-3H3,(H,18,19). The summed E-state index contributed by atoms with van der Waals surface area (Å²) >= 11 is 0. The second kappa shape index (κ2) is 6.57. The van der Waals surface area contributed by atoms with Crippen molar-refractivity contribution < 1.29 is 4.79 Å². The van der Waals surface area contributed by atoms with E-state index in [1.165, 1.54) is 25.7 Å². The maximum atomic E-state index is 12.7. The molecule has 1 amide bonds. The van der Waals surface area contributed by atoms with Gasteiger partial charge in [-0.2, -0.15) is 0 Å². The van der Waals surface area contributed by atoms with Crippen molar-refractivity contribution in [2.24, 2.45) is 5.92 Å². The number of rotatable bonds is 5. The number of para-hydroxylation sites is 1. The van der Waals surface area contributed by atoms with Gasteiger partial charge in [0.15, 0.2) is 0 Å². The van der Waals surface area contributed by atoms with Gasteiger partial charge in [-0.1, -0.05) is 63.5 Å². The van der Waals surface area contributed by atoms with E-state index in [1.807, 2.05) is 30.3 Å². The van der Waals surface area contributed by atoms with E-state index in [1.54, 1.807) is 0 Å². The lowest BCUT2D eigenvalue weighted by molar-refractivity contribution is -0.116. The Morgan fingerprint density at radius 3 is 2.35 bits per heavy atom. The molecule has 20 heavy (non-hydrogen) atoms. The Morgan fingerprint density at radius 1 is 1.20 bits per heavy atom. The molecule has 1 aliphatic carbocycles. The summed E-state index contributed by atoms with van der Waals surface area (Å²) in [6.07, 6.45) is 6.43. The number of amides is 1. The smallest absolute Gasteiger partial charge is 0.224 e. The molecule has 1 N–H and O–H groups in total. The Labute approximate surface area is 124 Å². The molecule has 1 aromatic rings. The van der Waals surface area contributed by atoms with Gasteiger partial charge in [-0.15, -0.1) is 0 Å². The molecule has 0 radical (unpaired) electrons. The average Bonchev–Trinajstić information content (AvgIpc) is 2.88. The van der Waals surface area contributed by atoms with Crippen LogP contribution in [0.2, 0.25) is 25.2 Å². The predicted octanol–water partition coefficient (Wildman–Crippen LogP) is 4.91. The first-order valence-corrected chi connectivity index (χ1v) is 11.4. The molecule has 1 aliphatic rings. The van der Waals surface area contributed by atoms with Crippen LogP contribution >= 0.6 is 0 Å². The van der Waals surface area contributed by atoms with Crippen LogP contribution in [0.15, 0.2) is 30.3 Å². The SMILES string of the molecule is C[Si](C)(C)C(CC1CCCC1)C(=O)Nc1ccccc1. The second-order valence-electron chi connectivity index (χ2n) is 7.16. The van der Waals surface area contributed by atoms with Crippen molar-refractivity contribution in [1.82, 2.24) is 0 Å². The zero-order chi connectivity index (χ0) is 14.6. The minimum atomic E-state index is -1.48. The maximum absolute atomic E-state index is 12.7. The van der Waals surface area contributed by atoms with Crippen LogP contribution in [0.5, 0.6) is 0 Å². The zero-order valence-corrected chi connectivity index (χ0v) is 14.0. The number of carbonyl (C=O) groups is 1. The summed E-state index contributed by atoms with van der Waals surface area (Å²) in [5, 5.41) is 3.12. The molecule has 0 heterocycles. The fraction of sp³-hybridized carbons (Fsp3) is 0.588. The van der Waals surface area contributed by atoms with E-state index in [0.29, 0.717) is 0 Å². The Kier molecular flexibility index (Phi) is 5.03. The molecule has 3 heteroatoms. The van der Waals surface area contributed by atoms with Gasteiger partial charge < -0.3 is 5.32 Å². The molecule has 2 nitrogen and oxygen atoms in total. The van der Waals surface area contributed by atoms with E-state index in [2.05, 4.69) is 25.0 Å². The quantitative estimate of drug-likeness (QED) is 0.766. The van der Waals surface area contributed by atoms with Crippen molar-refractivity contribution in [3.05, 3.63) is 30.3 Å². The fourth-order valence-electron chi connectivity index (χ4n) is 3.18. The topological polar surface area (TPSA) is 29.1 Å². The molecule has 0 bridgehead atoms. The summed E-state index contributed by atoms with van der Waals surface area (Å²) in [4.78, 5) is 12.7. The highest BCUT2D eigenvalue weighted by atomic mass is 28.3. The molecule has 1 fully saturated rings. The summed E-state index contributed by atoms with van der Waals surface area (Å²) in [6.45, 7) is 6.95. The van der Waals surface area contributed by atoms with E-state index < -0.39 is 8.07 Å². The minimum absolute atomic E-state index is 0.228. The van der Waals surface area contributed by atoms with Crippen LogP contribution < -0.4 is 5.32 Å². The molecular formula is C17H27NOSi. The molecule has 1 aromatic carbocycles. The second-order valence-corrected chi connectivity index (χ2v) is 12.6. The molecule has 0 spiro atoms. The molecule has 0 aliphatic heterocycles. The highest BCUT2D eigenvalue weighted by molar-refractivity contribution is 6.80. The third kappa shape index (κ3) is 4.20. The lowest BCUT2D eigenvalue weighted by Gasteiger charge is -2.30. The highest BCUT2D eigenvalue weighted by Gasteiger charge is 2.35. The van der Waals surface area contributed by atoms with Gasteiger partial charge in [-0.3, -0.25) is 4.79 Å². The number of benzene rings is 1. The Morgan fingerprint density at radius 2 is 1.80 bits per heavy atom. The summed E-state index contributed by atoms with van der Waals surface area (Å²) in [5.74, 6) is 1.01. The zero-order valence-electron chi connectivity index (χ0n) is 13.0. The molecular weight excluding hydrogens is 262 g/mol. The van der Waals surface area contributed by atoms with Crippen LogP contribution in [0.1, 0.15) is 32.1 Å². The molecule has 110 valence electrons. The van der Waals surface area contributed by atoms with Crippen molar-refractivity contribution in [2.45, 2.75) is 57.3 Å². The molecule has 0 aromatic heterocycles. The van der Waals surface area contributed by atoms with Crippen molar-refractivity contribution in [3.63, 3.8) is 0 Å². The van der Waals surface area contributed by atoms with E-state index in [9.17, 15) is 4.79 Å².